The van der Waals surface area contributed by atoms with Crippen molar-refractivity contribution in [3.63, 3.8) is 0 Å². The first-order valence-electron chi connectivity index (χ1n) is 10.0. The number of amides is 1. The zero-order valence-corrected chi connectivity index (χ0v) is 18.7. The van der Waals surface area contributed by atoms with Crippen LogP contribution < -0.4 is 0 Å². The highest BCUT2D eigenvalue weighted by Crippen LogP contribution is 2.41. The summed E-state index contributed by atoms with van der Waals surface area (Å²) in [5.74, 6) is -3.89. The minimum absolute atomic E-state index is 0.00191. The molecule has 1 amide bonds. The first-order chi connectivity index (χ1) is 14.3. The molecule has 2 aliphatic heterocycles. The number of likely N-dealkylation sites (tertiary alicyclic amines) is 1. The number of hydrogen-bond donors (Lipinski definition) is 0. The second-order valence-electron chi connectivity index (χ2n) is 8.74. The van der Waals surface area contributed by atoms with Gasteiger partial charge in [-0.1, -0.05) is 12.7 Å². The molecule has 0 aromatic rings. The third-order valence-corrected chi connectivity index (χ3v) is 5.00. The van der Waals surface area contributed by atoms with Gasteiger partial charge < -0.3 is 18.9 Å². The molecular weight excluding hydrogens is 418 g/mol. The topological polar surface area (TPSA) is 86.8 Å². The average molecular weight is 450 g/mol. The zero-order valence-electron chi connectivity index (χ0n) is 18.7. The maximum Gasteiger partial charge on any atom is 0.410 e. The van der Waals surface area contributed by atoms with Crippen LogP contribution >= 0.6 is 0 Å². The summed E-state index contributed by atoms with van der Waals surface area (Å²) < 4.78 is 50.3. The lowest BCUT2D eigenvalue weighted by Crippen LogP contribution is -2.48. The SMILES string of the molecule is C=CCOC(=O)C(C)(CCN1OCC2C1C(F)(F)CN2C(=O)OC(C)(C)C)OCOC. The van der Waals surface area contributed by atoms with E-state index < -0.39 is 47.8 Å². The van der Waals surface area contributed by atoms with E-state index in [1.54, 1.807) is 20.8 Å². The Morgan fingerprint density at radius 3 is 2.55 bits per heavy atom. The van der Waals surface area contributed by atoms with Crippen molar-refractivity contribution >= 4 is 12.1 Å². The molecule has 2 saturated heterocycles. The lowest BCUT2D eigenvalue weighted by Gasteiger charge is -2.31. The predicted octanol–water partition coefficient (Wildman–Crippen LogP) is 2.36. The molecule has 11 heteroatoms. The number of hydroxylamine groups is 2. The lowest BCUT2D eigenvalue weighted by atomic mass is 10.0. The number of alkyl halides is 2. The van der Waals surface area contributed by atoms with E-state index in [1.807, 2.05) is 0 Å². The molecule has 0 aliphatic carbocycles. The number of hydrogen-bond acceptors (Lipinski definition) is 8. The summed E-state index contributed by atoms with van der Waals surface area (Å²) in [7, 11) is 1.40. The predicted molar refractivity (Wildman–Crippen MR) is 105 cm³/mol. The molecule has 3 atom stereocenters. The molecule has 0 aromatic heterocycles. The Kier molecular flexibility index (Phi) is 8.01. The van der Waals surface area contributed by atoms with Crippen molar-refractivity contribution in [1.29, 1.82) is 0 Å². The van der Waals surface area contributed by atoms with Crippen molar-refractivity contribution in [1.82, 2.24) is 9.96 Å². The number of methoxy groups -OCH3 is 1. The van der Waals surface area contributed by atoms with Gasteiger partial charge in [0.15, 0.2) is 5.60 Å². The monoisotopic (exact) mass is 450 g/mol. The number of rotatable bonds is 9. The number of carbonyl (C=O) groups excluding carboxylic acids is 2. The Bertz CT molecular complexity index is 670. The number of ether oxygens (including phenoxy) is 4. The largest absolute Gasteiger partial charge is 0.459 e. The van der Waals surface area contributed by atoms with Crippen LogP contribution in [0.2, 0.25) is 0 Å². The van der Waals surface area contributed by atoms with Crippen LogP contribution in [0.3, 0.4) is 0 Å². The van der Waals surface area contributed by atoms with Gasteiger partial charge >= 0.3 is 12.1 Å². The maximum absolute atomic E-state index is 14.8. The van der Waals surface area contributed by atoms with Crippen LogP contribution in [0.1, 0.15) is 34.1 Å². The Morgan fingerprint density at radius 2 is 1.97 bits per heavy atom. The Morgan fingerprint density at radius 1 is 1.29 bits per heavy atom. The van der Waals surface area contributed by atoms with Gasteiger partial charge in [-0.15, -0.1) is 0 Å². The summed E-state index contributed by atoms with van der Waals surface area (Å²) in [6.45, 7) is 8.85. The number of esters is 1. The van der Waals surface area contributed by atoms with Crippen LogP contribution in [0.15, 0.2) is 12.7 Å². The third kappa shape index (κ3) is 6.12. The molecule has 0 spiro atoms. The summed E-state index contributed by atoms with van der Waals surface area (Å²) in [5.41, 5.74) is -2.25. The molecule has 0 bridgehead atoms. The van der Waals surface area contributed by atoms with Gasteiger partial charge in [0.1, 0.15) is 25.0 Å². The summed E-state index contributed by atoms with van der Waals surface area (Å²) in [5, 5.41) is 1.12. The fraction of sp³-hybridized carbons (Fsp3) is 0.800. The first-order valence-corrected chi connectivity index (χ1v) is 10.0. The van der Waals surface area contributed by atoms with Gasteiger partial charge in [-0.2, -0.15) is 5.06 Å². The van der Waals surface area contributed by atoms with E-state index in [9.17, 15) is 18.4 Å². The zero-order chi connectivity index (χ0) is 23.4. The standard InChI is InChI=1S/C20H32F2N2O7/c1-7-10-28-16(25)19(5,29-13-27-6)8-9-24-15-14(11-30-24)23(12-20(15,21)22)17(26)31-18(2,3)4/h7,14-15H,1,8-13H2,2-6H3. The van der Waals surface area contributed by atoms with E-state index in [0.29, 0.717) is 0 Å². The van der Waals surface area contributed by atoms with E-state index in [1.165, 1.54) is 20.1 Å². The Balaban J connectivity index is 2.09. The van der Waals surface area contributed by atoms with Gasteiger partial charge in [0, 0.05) is 20.1 Å². The van der Waals surface area contributed by atoms with Crippen LogP contribution in [0.25, 0.3) is 0 Å². The van der Waals surface area contributed by atoms with Crippen LogP contribution in [0.4, 0.5) is 13.6 Å². The second-order valence-corrected chi connectivity index (χ2v) is 8.74. The minimum atomic E-state index is -3.22. The molecule has 2 rings (SSSR count). The maximum atomic E-state index is 14.8. The van der Waals surface area contributed by atoms with Crippen LogP contribution in [-0.2, 0) is 28.6 Å². The molecule has 0 saturated carbocycles. The molecule has 2 fully saturated rings. The number of fused-ring (bicyclic) bond motifs is 1. The molecular formula is C20H32F2N2O7. The van der Waals surface area contributed by atoms with Gasteiger partial charge in [0.05, 0.1) is 19.2 Å². The molecule has 178 valence electrons. The van der Waals surface area contributed by atoms with Crippen LogP contribution in [-0.4, -0.2) is 91.4 Å². The van der Waals surface area contributed by atoms with Gasteiger partial charge in [0.25, 0.3) is 5.92 Å². The van der Waals surface area contributed by atoms with Gasteiger partial charge in [0.2, 0.25) is 0 Å². The van der Waals surface area contributed by atoms with Crippen LogP contribution in [0, 0.1) is 0 Å². The van der Waals surface area contributed by atoms with Crippen LogP contribution in [0.5, 0.6) is 0 Å². The lowest BCUT2D eigenvalue weighted by molar-refractivity contribution is -0.203. The molecule has 31 heavy (non-hydrogen) atoms. The van der Waals surface area contributed by atoms with E-state index >= 15 is 0 Å². The summed E-state index contributed by atoms with van der Waals surface area (Å²) in [6.07, 6.45) is 0.594. The molecule has 9 nitrogen and oxygen atoms in total. The van der Waals surface area contributed by atoms with Crippen molar-refractivity contribution in [3.05, 3.63) is 12.7 Å². The second kappa shape index (κ2) is 9.76. The summed E-state index contributed by atoms with van der Waals surface area (Å²) >= 11 is 0. The highest BCUT2D eigenvalue weighted by Gasteiger charge is 2.62. The number of halogens is 2. The van der Waals surface area contributed by atoms with Crippen molar-refractivity contribution in [2.45, 2.75) is 63.3 Å². The molecule has 2 aliphatic rings. The quantitative estimate of drug-likeness (QED) is 0.301. The van der Waals surface area contributed by atoms with Crippen molar-refractivity contribution < 1.29 is 42.2 Å². The molecule has 0 N–H and O–H groups in total. The molecule has 0 aromatic carbocycles. The first kappa shape index (κ1) is 25.4. The van der Waals surface area contributed by atoms with Crippen molar-refractivity contribution in [2.24, 2.45) is 0 Å². The Labute approximate surface area is 181 Å². The number of nitrogens with zero attached hydrogens (tertiary/aromatic N) is 2. The van der Waals surface area contributed by atoms with E-state index in [-0.39, 0.29) is 33.0 Å². The Hall–Kier alpha value is -1.82. The summed E-state index contributed by atoms with van der Waals surface area (Å²) in [6, 6.07) is -2.24. The third-order valence-electron chi connectivity index (χ3n) is 5.00. The smallest absolute Gasteiger partial charge is 0.410 e. The molecule has 0 radical (unpaired) electrons. The van der Waals surface area contributed by atoms with Crippen molar-refractivity contribution in [3.8, 4) is 0 Å². The fourth-order valence-electron chi connectivity index (χ4n) is 3.48. The normalized spacial score (nSPS) is 25.1. The van der Waals surface area contributed by atoms with E-state index in [4.69, 9.17) is 23.8 Å². The fourth-order valence-corrected chi connectivity index (χ4v) is 3.48. The van der Waals surface area contributed by atoms with Gasteiger partial charge in [-0.3, -0.25) is 9.74 Å². The molecule has 3 unspecified atom stereocenters. The average Bonchev–Trinajstić information content (AvgIpc) is 3.21. The highest BCUT2D eigenvalue weighted by molar-refractivity contribution is 5.79. The van der Waals surface area contributed by atoms with Gasteiger partial charge in [-0.05, 0) is 27.7 Å². The van der Waals surface area contributed by atoms with E-state index in [0.717, 1.165) is 9.96 Å². The van der Waals surface area contributed by atoms with Crippen molar-refractivity contribution in [2.75, 3.05) is 40.2 Å². The number of carbonyl (C=O) groups is 2. The summed E-state index contributed by atoms with van der Waals surface area (Å²) in [4.78, 5) is 31.3. The minimum Gasteiger partial charge on any atom is -0.459 e. The molecule has 2 heterocycles. The van der Waals surface area contributed by atoms with Gasteiger partial charge in [-0.25, -0.2) is 18.4 Å². The van der Waals surface area contributed by atoms with E-state index in [2.05, 4.69) is 6.58 Å². The highest BCUT2D eigenvalue weighted by atomic mass is 19.3.